The first-order chi connectivity index (χ1) is 14.6. The van der Waals surface area contributed by atoms with Crippen molar-refractivity contribution in [3.05, 3.63) is 53.9 Å². The van der Waals surface area contributed by atoms with Crippen LogP contribution in [-0.4, -0.2) is 43.4 Å². The number of aromatic nitrogens is 1. The zero-order valence-electron chi connectivity index (χ0n) is 19.0. The Kier molecular flexibility index (Phi) is 7.69. The maximum Gasteiger partial charge on any atom is 0.331 e. The lowest BCUT2D eigenvalue weighted by Gasteiger charge is -2.18. The number of benzene rings is 1. The Morgan fingerprint density at radius 2 is 1.58 bits per heavy atom. The van der Waals surface area contributed by atoms with Crippen LogP contribution in [0.1, 0.15) is 43.6 Å². The van der Waals surface area contributed by atoms with E-state index in [4.69, 9.17) is 18.9 Å². The van der Waals surface area contributed by atoms with Gasteiger partial charge in [0.15, 0.2) is 11.5 Å². The second-order valence-corrected chi connectivity index (χ2v) is 7.79. The number of carbonyl (C=O) groups is 2. The van der Waals surface area contributed by atoms with Crippen LogP contribution in [0.2, 0.25) is 0 Å². The molecule has 7 nitrogen and oxygen atoms in total. The number of hydrogen-bond acceptors (Lipinski definition) is 6. The Balaban J connectivity index is 2.20. The van der Waals surface area contributed by atoms with Gasteiger partial charge in [-0.25, -0.2) is 4.79 Å². The molecule has 0 aliphatic carbocycles. The van der Waals surface area contributed by atoms with Gasteiger partial charge in [-0.05, 0) is 57.0 Å². The summed E-state index contributed by atoms with van der Waals surface area (Å²) in [5, 5.41) is 0. The van der Waals surface area contributed by atoms with Crippen LogP contribution in [0, 0.1) is 0 Å². The standard InChI is InChI=1S/C24H29NO6/c1-16(12-23(27)31-24(2,3)4)18-10-11-25(15-18)22(26)9-8-17-13-20(29-6)21(30-7)14-19(17)28-5/h8-15H,1-7H3/b9-8+,16-12+. The predicted octanol–water partition coefficient (Wildman–Crippen LogP) is 4.61. The van der Waals surface area contributed by atoms with Gasteiger partial charge < -0.3 is 18.9 Å². The second-order valence-electron chi connectivity index (χ2n) is 7.79. The molecule has 0 saturated heterocycles. The summed E-state index contributed by atoms with van der Waals surface area (Å²) < 4.78 is 22.7. The topological polar surface area (TPSA) is 76.0 Å². The monoisotopic (exact) mass is 427 g/mol. The molecule has 2 aromatic rings. The van der Waals surface area contributed by atoms with Crippen molar-refractivity contribution in [2.45, 2.75) is 33.3 Å². The van der Waals surface area contributed by atoms with Crippen molar-refractivity contribution in [2.24, 2.45) is 0 Å². The van der Waals surface area contributed by atoms with Crippen LogP contribution in [0.3, 0.4) is 0 Å². The Bertz CT molecular complexity index is 1010. The molecule has 0 unspecified atom stereocenters. The quantitative estimate of drug-likeness (QED) is 0.474. The molecule has 0 aliphatic heterocycles. The molecule has 1 aromatic heterocycles. The van der Waals surface area contributed by atoms with Gasteiger partial charge in [-0.15, -0.1) is 0 Å². The molecule has 0 atom stereocenters. The Morgan fingerprint density at radius 3 is 2.16 bits per heavy atom. The molecule has 1 heterocycles. The van der Waals surface area contributed by atoms with E-state index in [9.17, 15) is 9.59 Å². The van der Waals surface area contributed by atoms with Crippen LogP contribution in [0.25, 0.3) is 11.6 Å². The fourth-order valence-corrected chi connectivity index (χ4v) is 2.79. The fraction of sp³-hybridized carbons (Fsp3) is 0.333. The summed E-state index contributed by atoms with van der Waals surface area (Å²) in [4.78, 5) is 24.6. The highest BCUT2D eigenvalue weighted by atomic mass is 16.6. The molecule has 2 rings (SSSR count). The summed E-state index contributed by atoms with van der Waals surface area (Å²) in [5.41, 5.74) is 1.55. The van der Waals surface area contributed by atoms with Gasteiger partial charge in [0.25, 0.3) is 5.91 Å². The zero-order chi connectivity index (χ0) is 23.2. The van der Waals surface area contributed by atoms with Gasteiger partial charge in [-0.1, -0.05) is 0 Å². The van der Waals surface area contributed by atoms with E-state index >= 15 is 0 Å². The normalized spacial score (nSPS) is 12.0. The van der Waals surface area contributed by atoms with Crippen molar-refractivity contribution in [1.29, 1.82) is 0 Å². The molecule has 166 valence electrons. The van der Waals surface area contributed by atoms with Crippen LogP contribution in [0.5, 0.6) is 17.2 Å². The average Bonchev–Trinajstić information content (AvgIpc) is 3.20. The van der Waals surface area contributed by atoms with E-state index < -0.39 is 11.6 Å². The number of nitrogens with zero attached hydrogens (tertiary/aromatic N) is 1. The highest BCUT2D eigenvalue weighted by Crippen LogP contribution is 2.35. The molecule has 0 N–H and O–H groups in total. The minimum Gasteiger partial charge on any atom is -0.496 e. The zero-order valence-corrected chi connectivity index (χ0v) is 19.0. The predicted molar refractivity (Wildman–Crippen MR) is 120 cm³/mol. The number of ether oxygens (including phenoxy) is 4. The first-order valence-corrected chi connectivity index (χ1v) is 9.70. The van der Waals surface area contributed by atoms with E-state index in [0.717, 1.165) is 5.56 Å². The molecular weight excluding hydrogens is 398 g/mol. The third-order valence-electron chi connectivity index (χ3n) is 4.29. The smallest absolute Gasteiger partial charge is 0.331 e. The summed E-state index contributed by atoms with van der Waals surface area (Å²) in [6.07, 6.45) is 7.79. The van der Waals surface area contributed by atoms with Crippen molar-refractivity contribution in [2.75, 3.05) is 21.3 Å². The minimum atomic E-state index is -0.564. The number of allylic oxidation sites excluding steroid dienone is 2. The molecule has 0 fully saturated rings. The lowest BCUT2D eigenvalue weighted by molar-refractivity contribution is -0.148. The third-order valence-corrected chi connectivity index (χ3v) is 4.29. The van der Waals surface area contributed by atoms with Gasteiger partial charge >= 0.3 is 5.97 Å². The maximum atomic E-state index is 12.6. The highest BCUT2D eigenvalue weighted by Gasteiger charge is 2.15. The number of rotatable bonds is 7. The molecule has 0 saturated carbocycles. The van der Waals surface area contributed by atoms with Crippen LogP contribution < -0.4 is 14.2 Å². The Labute approximate surface area is 182 Å². The molecule has 0 radical (unpaired) electrons. The molecule has 31 heavy (non-hydrogen) atoms. The largest absolute Gasteiger partial charge is 0.496 e. The van der Waals surface area contributed by atoms with Crippen molar-refractivity contribution in [3.63, 3.8) is 0 Å². The number of hydrogen-bond donors (Lipinski definition) is 0. The van der Waals surface area contributed by atoms with Crippen LogP contribution >= 0.6 is 0 Å². The van der Waals surface area contributed by atoms with Gasteiger partial charge in [0.2, 0.25) is 0 Å². The summed E-state index contributed by atoms with van der Waals surface area (Å²) in [6, 6.07) is 5.19. The van der Waals surface area contributed by atoms with Gasteiger partial charge in [-0.2, -0.15) is 0 Å². The summed E-state index contributed by atoms with van der Waals surface area (Å²) in [5.74, 6) is 0.926. The average molecular weight is 427 g/mol. The highest BCUT2D eigenvalue weighted by molar-refractivity contribution is 5.95. The molecule has 0 spiro atoms. The van der Waals surface area contributed by atoms with E-state index in [2.05, 4.69) is 0 Å². The minimum absolute atomic E-state index is 0.256. The number of methoxy groups -OCH3 is 3. The molecule has 0 amide bonds. The molecule has 0 aliphatic rings. The summed E-state index contributed by atoms with van der Waals surface area (Å²) in [6.45, 7) is 7.22. The van der Waals surface area contributed by atoms with Crippen LogP contribution in [-0.2, 0) is 9.53 Å². The van der Waals surface area contributed by atoms with Gasteiger partial charge in [0.05, 0.1) is 21.3 Å². The van der Waals surface area contributed by atoms with Gasteiger partial charge in [0, 0.05) is 36.2 Å². The van der Waals surface area contributed by atoms with E-state index in [-0.39, 0.29) is 5.91 Å². The van der Waals surface area contributed by atoms with E-state index in [1.54, 1.807) is 57.8 Å². The maximum absolute atomic E-state index is 12.6. The van der Waals surface area contributed by atoms with Crippen molar-refractivity contribution in [3.8, 4) is 17.2 Å². The Hall–Kier alpha value is -3.48. The molecule has 1 aromatic carbocycles. The third kappa shape index (κ3) is 6.50. The van der Waals surface area contributed by atoms with E-state index in [1.807, 2.05) is 20.8 Å². The van der Waals surface area contributed by atoms with Gasteiger partial charge in [-0.3, -0.25) is 9.36 Å². The van der Waals surface area contributed by atoms with E-state index in [1.165, 1.54) is 23.8 Å². The first-order valence-electron chi connectivity index (χ1n) is 9.70. The van der Waals surface area contributed by atoms with E-state index in [0.29, 0.717) is 28.4 Å². The van der Waals surface area contributed by atoms with Crippen molar-refractivity contribution < 1.29 is 28.5 Å². The summed E-state index contributed by atoms with van der Waals surface area (Å²) >= 11 is 0. The van der Waals surface area contributed by atoms with Crippen LogP contribution in [0.15, 0.2) is 42.7 Å². The number of esters is 1. The van der Waals surface area contributed by atoms with Crippen molar-refractivity contribution in [1.82, 2.24) is 4.57 Å². The first kappa shape index (κ1) is 23.8. The van der Waals surface area contributed by atoms with Gasteiger partial charge in [0.1, 0.15) is 11.4 Å². The number of carbonyl (C=O) groups excluding carboxylic acids is 2. The van der Waals surface area contributed by atoms with Crippen LogP contribution in [0.4, 0.5) is 0 Å². The molecule has 7 heteroatoms. The Morgan fingerprint density at radius 1 is 0.968 bits per heavy atom. The van der Waals surface area contributed by atoms with Crippen molar-refractivity contribution >= 4 is 23.5 Å². The summed E-state index contributed by atoms with van der Waals surface area (Å²) in [7, 11) is 4.62. The molecular formula is C24H29NO6. The second kappa shape index (κ2) is 10.0. The lowest BCUT2D eigenvalue weighted by atomic mass is 10.1. The fourth-order valence-electron chi connectivity index (χ4n) is 2.79. The molecule has 0 bridgehead atoms. The SMILES string of the molecule is COc1cc(OC)c(OC)cc1/C=C/C(=O)n1ccc(/C(C)=C/C(=O)OC(C)(C)C)c1. The lowest BCUT2D eigenvalue weighted by Crippen LogP contribution is -2.22.